The minimum Gasteiger partial charge on any atom is -0.322 e. The van der Waals surface area contributed by atoms with E-state index in [1.165, 1.54) is 38.5 Å². The van der Waals surface area contributed by atoms with Gasteiger partial charge < -0.3 is 14.8 Å². The maximum absolute atomic E-state index is 13.8. The molecule has 3 heterocycles. The van der Waals surface area contributed by atoms with Gasteiger partial charge in [0.05, 0.1) is 12.2 Å². The molecule has 3 amide bonds. The molecule has 0 unspecified atom stereocenters. The van der Waals surface area contributed by atoms with E-state index in [1.54, 1.807) is 23.4 Å². The van der Waals surface area contributed by atoms with Gasteiger partial charge in [-0.25, -0.2) is 19.7 Å². The number of hydrogen-bond acceptors (Lipinski definition) is 6. The molecule has 10 heteroatoms. The van der Waals surface area contributed by atoms with E-state index in [1.807, 2.05) is 53.1 Å². The van der Waals surface area contributed by atoms with Crippen LogP contribution in [0.1, 0.15) is 63.4 Å². The van der Waals surface area contributed by atoms with Crippen LogP contribution < -0.4 is 15.5 Å². The van der Waals surface area contributed by atoms with Crippen molar-refractivity contribution in [2.45, 2.75) is 70.4 Å². The van der Waals surface area contributed by atoms with Crippen molar-refractivity contribution in [1.82, 2.24) is 24.4 Å². The van der Waals surface area contributed by atoms with E-state index < -0.39 is 0 Å². The highest BCUT2D eigenvalue weighted by atomic mass is 16.2. The Kier molecular flexibility index (Phi) is 6.48. The summed E-state index contributed by atoms with van der Waals surface area (Å²) in [5.74, 6) is 2.04. The molecule has 3 fully saturated rings. The summed E-state index contributed by atoms with van der Waals surface area (Å²) in [6.45, 7) is 0.474. The molecule has 41 heavy (non-hydrogen) atoms. The van der Waals surface area contributed by atoms with Gasteiger partial charge in [-0.1, -0.05) is 25.0 Å². The zero-order valence-electron chi connectivity index (χ0n) is 23.4. The van der Waals surface area contributed by atoms with Gasteiger partial charge in [0.25, 0.3) is 0 Å². The van der Waals surface area contributed by atoms with Crippen molar-refractivity contribution in [3.8, 4) is 0 Å². The molecule has 2 N–H and O–H groups in total. The third-order valence-electron chi connectivity index (χ3n) is 9.08. The van der Waals surface area contributed by atoms with Crippen molar-refractivity contribution in [3.05, 3.63) is 60.6 Å². The predicted octanol–water partition coefficient (Wildman–Crippen LogP) is 6.05. The molecule has 2 aromatic heterocycles. The van der Waals surface area contributed by atoms with E-state index in [0.29, 0.717) is 47.0 Å². The summed E-state index contributed by atoms with van der Waals surface area (Å²) < 4.78 is 1.83. The van der Waals surface area contributed by atoms with Gasteiger partial charge in [-0.05, 0) is 80.6 Å². The van der Waals surface area contributed by atoms with Crippen LogP contribution in [-0.4, -0.2) is 42.4 Å². The molecule has 3 aliphatic carbocycles. The quantitative estimate of drug-likeness (QED) is 0.330. The molecule has 0 atom stereocenters. The number of allylic oxidation sites excluding steroid dienone is 1. The first-order chi connectivity index (χ1) is 20.0. The van der Waals surface area contributed by atoms with Gasteiger partial charge in [0.2, 0.25) is 17.8 Å². The zero-order valence-corrected chi connectivity index (χ0v) is 23.4. The lowest BCUT2D eigenvalue weighted by Crippen LogP contribution is -2.46. The van der Waals surface area contributed by atoms with E-state index in [2.05, 4.69) is 20.6 Å². The number of anilines is 5. The number of imidazole rings is 1. The standard InChI is InChI=1S/C31H36N8O2/c1-37-15-14-32-29(37)36-28-33-19-22-20-38(24-10-11-24)30(41)39(27(22)35-28)25-8-5-7-23(16-25)34-26(40)9-4-6-21-17-31(18-21)12-2-3-13-31/h4-5,7-9,14-16,19,21,24H,2-3,6,10-13,17-18,20H2,1H3,(H,34,40)(H,32,33,35,36)/b9-4+. The molecule has 0 saturated heterocycles. The van der Waals surface area contributed by atoms with Gasteiger partial charge in [0, 0.05) is 42.9 Å². The molecule has 0 radical (unpaired) electrons. The van der Waals surface area contributed by atoms with Crippen LogP contribution >= 0.6 is 0 Å². The lowest BCUT2D eigenvalue weighted by atomic mass is 9.60. The van der Waals surface area contributed by atoms with Crippen molar-refractivity contribution in [2.24, 2.45) is 18.4 Å². The number of nitrogens with one attached hydrogen (secondary N) is 2. The number of urea groups is 1. The zero-order chi connectivity index (χ0) is 28.0. The highest BCUT2D eigenvalue weighted by Crippen LogP contribution is 2.57. The van der Waals surface area contributed by atoms with Crippen molar-refractivity contribution < 1.29 is 9.59 Å². The lowest BCUT2D eigenvalue weighted by molar-refractivity contribution is -0.111. The van der Waals surface area contributed by atoms with Crippen LogP contribution in [0.4, 0.5) is 33.9 Å². The van der Waals surface area contributed by atoms with E-state index >= 15 is 0 Å². The van der Waals surface area contributed by atoms with Crippen molar-refractivity contribution in [3.63, 3.8) is 0 Å². The second kappa shape index (κ2) is 10.3. The van der Waals surface area contributed by atoms with Gasteiger partial charge in [-0.2, -0.15) is 4.98 Å². The molecule has 0 bridgehead atoms. The van der Waals surface area contributed by atoms with Crippen LogP contribution in [0.5, 0.6) is 0 Å². The number of aromatic nitrogens is 4. The highest BCUT2D eigenvalue weighted by Gasteiger charge is 2.45. The number of aryl methyl sites for hydroxylation is 1. The Labute approximate surface area is 239 Å². The summed E-state index contributed by atoms with van der Waals surface area (Å²) in [5, 5.41) is 6.12. The summed E-state index contributed by atoms with van der Waals surface area (Å²) in [5.41, 5.74) is 2.76. The molecule has 3 saturated carbocycles. The molecule has 212 valence electrons. The van der Waals surface area contributed by atoms with Crippen LogP contribution in [0.25, 0.3) is 0 Å². The molecule has 1 aromatic carbocycles. The fourth-order valence-corrected chi connectivity index (χ4v) is 6.86. The van der Waals surface area contributed by atoms with E-state index in [4.69, 9.17) is 4.98 Å². The molecule has 1 aliphatic heterocycles. The number of fused-ring (bicyclic) bond motifs is 1. The smallest absolute Gasteiger partial charge is 0.322 e. The maximum Gasteiger partial charge on any atom is 0.330 e. The average Bonchev–Trinajstić information content (AvgIpc) is 3.53. The number of carbonyl (C=O) groups excluding carboxylic acids is 2. The normalized spacial score (nSPS) is 20.0. The monoisotopic (exact) mass is 552 g/mol. The van der Waals surface area contributed by atoms with Crippen molar-refractivity contribution in [1.29, 1.82) is 0 Å². The average molecular weight is 553 g/mol. The number of carbonyl (C=O) groups is 2. The Morgan fingerprint density at radius 3 is 2.76 bits per heavy atom. The van der Waals surface area contributed by atoms with Gasteiger partial charge >= 0.3 is 6.03 Å². The Bertz CT molecular complexity index is 1500. The number of amides is 3. The summed E-state index contributed by atoms with van der Waals surface area (Å²) in [6.07, 6.45) is 20.1. The topological polar surface area (TPSA) is 108 Å². The largest absolute Gasteiger partial charge is 0.330 e. The second-order valence-corrected chi connectivity index (χ2v) is 12.2. The van der Waals surface area contributed by atoms with Gasteiger partial charge in [0.1, 0.15) is 0 Å². The Morgan fingerprint density at radius 1 is 1.17 bits per heavy atom. The maximum atomic E-state index is 13.8. The summed E-state index contributed by atoms with van der Waals surface area (Å²) in [4.78, 5) is 43.6. The second-order valence-electron chi connectivity index (χ2n) is 12.2. The number of nitrogens with zero attached hydrogens (tertiary/aromatic N) is 6. The van der Waals surface area contributed by atoms with Crippen molar-refractivity contribution >= 4 is 41.0 Å². The summed E-state index contributed by atoms with van der Waals surface area (Å²) in [7, 11) is 1.88. The number of benzene rings is 1. The highest BCUT2D eigenvalue weighted by molar-refractivity contribution is 6.03. The van der Waals surface area contributed by atoms with Crippen LogP contribution in [0.2, 0.25) is 0 Å². The van der Waals surface area contributed by atoms with Crippen LogP contribution in [0.15, 0.2) is 55.0 Å². The van der Waals surface area contributed by atoms with Gasteiger partial charge in [-0.15, -0.1) is 0 Å². The molecular formula is C31H36N8O2. The first-order valence-corrected chi connectivity index (χ1v) is 14.7. The first-order valence-electron chi connectivity index (χ1n) is 14.7. The molecule has 3 aromatic rings. The Morgan fingerprint density at radius 2 is 2.00 bits per heavy atom. The minimum atomic E-state index is -0.161. The number of rotatable bonds is 8. The SMILES string of the molecule is Cn1ccnc1Nc1ncc2c(n1)N(c1cccc(NC(=O)/C=C/CC3CC4(CCCC4)C3)c1)C(=O)N(C1CC1)C2. The molecular weight excluding hydrogens is 516 g/mol. The predicted molar refractivity (Wildman–Crippen MR) is 157 cm³/mol. The Hall–Kier alpha value is -4.21. The summed E-state index contributed by atoms with van der Waals surface area (Å²) >= 11 is 0. The van der Waals surface area contributed by atoms with Gasteiger partial charge in [0.15, 0.2) is 5.82 Å². The minimum absolute atomic E-state index is 0.120. The van der Waals surface area contributed by atoms with Crippen LogP contribution in [0, 0.1) is 11.3 Å². The molecule has 10 nitrogen and oxygen atoms in total. The fraction of sp³-hybridized carbons (Fsp3) is 0.452. The van der Waals surface area contributed by atoms with Gasteiger partial charge in [-0.3, -0.25) is 10.1 Å². The number of hydrogen-bond donors (Lipinski definition) is 2. The lowest BCUT2D eigenvalue weighted by Gasteiger charge is -2.45. The third kappa shape index (κ3) is 5.18. The fourth-order valence-electron chi connectivity index (χ4n) is 6.86. The Balaban J connectivity index is 1.08. The van der Waals surface area contributed by atoms with E-state index in [-0.39, 0.29) is 18.0 Å². The van der Waals surface area contributed by atoms with Crippen LogP contribution in [0.3, 0.4) is 0 Å². The molecule has 7 rings (SSSR count). The molecule has 1 spiro atoms. The van der Waals surface area contributed by atoms with E-state index in [0.717, 1.165) is 24.8 Å². The van der Waals surface area contributed by atoms with E-state index in [9.17, 15) is 9.59 Å². The summed E-state index contributed by atoms with van der Waals surface area (Å²) in [6, 6.07) is 7.50. The van der Waals surface area contributed by atoms with Crippen LogP contribution in [-0.2, 0) is 18.4 Å². The molecule has 4 aliphatic rings. The first kappa shape index (κ1) is 25.7. The third-order valence-corrected chi connectivity index (χ3v) is 9.08. The van der Waals surface area contributed by atoms with Crippen molar-refractivity contribution in [2.75, 3.05) is 15.5 Å².